The molecule has 0 radical (unpaired) electrons. The fourth-order valence-corrected chi connectivity index (χ4v) is 1.80. The van der Waals surface area contributed by atoms with E-state index in [1.54, 1.807) is 0 Å². The number of amides is 1. The van der Waals surface area contributed by atoms with Gasteiger partial charge in [-0.2, -0.15) is 0 Å². The molecule has 0 bridgehead atoms. The summed E-state index contributed by atoms with van der Waals surface area (Å²) in [5.74, 6) is 0.770. The molecule has 0 aliphatic carbocycles. The van der Waals surface area contributed by atoms with Crippen LogP contribution in [0.1, 0.15) is 40.0 Å². The van der Waals surface area contributed by atoms with E-state index in [9.17, 15) is 4.79 Å². The van der Waals surface area contributed by atoms with E-state index in [2.05, 4.69) is 24.5 Å². The standard InChI is InChI=1S/C12H24N2O/c1-9(2)10(3)12(15)14-11-5-4-7-13-8-6-11/h9-11,13H,4-8H2,1-3H3,(H,14,15). The van der Waals surface area contributed by atoms with Gasteiger partial charge in [0.2, 0.25) is 5.91 Å². The lowest BCUT2D eigenvalue weighted by molar-refractivity contribution is -0.126. The van der Waals surface area contributed by atoms with Crippen molar-refractivity contribution in [3.8, 4) is 0 Å². The second kappa shape index (κ2) is 6.11. The Morgan fingerprint density at radius 3 is 2.67 bits per heavy atom. The summed E-state index contributed by atoms with van der Waals surface area (Å²) in [5, 5.41) is 6.51. The highest BCUT2D eigenvalue weighted by Crippen LogP contribution is 2.12. The third-order valence-corrected chi connectivity index (χ3v) is 3.34. The van der Waals surface area contributed by atoms with Crippen molar-refractivity contribution in [2.75, 3.05) is 13.1 Å². The first-order chi connectivity index (χ1) is 7.11. The Morgan fingerprint density at radius 1 is 1.27 bits per heavy atom. The summed E-state index contributed by atoms with van der Waals surface area (Å²) < 4.78 is 0. The Hall–Kier alpha value is -0.570. The smallest absolute Gasteiger partial charge is 0.223 e. The van der Waals surface area contributed by atoms with E-state index in [-0.39, 0.29) is 11.8 Å². The van der Waals surface area contributed by atoms with Gasteiger partial charge in [0, 0.05) is 12.0 Å². The second-order valence-corrected chi connectivity index (χ2v) is 4.92. The normalized spacial score (nSPS) is 24.7. The molecule has 3 nitrogen and oxygen atoms in total. The number of carbonyl (C=O) groups is 1. The van der Waals surface area contributed by atoms with Gasteiger partial charge in [0.05, 0.1) is 0 Å². The first-order valence-corrected chi connectivity index (χ1v) is 6.12. The molecular formula is C12H24N2O. The maximum Gasteiger partial charge on any atom is 0.223 e. The summed E-state index contributed by atoms with van der Waals surface area (Å²) in [5.41, 5.74) is 0. The van der Waals surface area contributed by atoms with Crippen LogP contribution in [0.4, 0.5) is 0 Å². The summed E-state index contributed by atoms with van der Waals surface area (Å²) >= 11 is 0. The molecule has 1 amide bonds. The molecule has 0 aromatic rings. The lowest BCUT2D eigenvalue weighted by atomic mass is 9.96. The van der Waals surface area contributed by atoms with Crippen molar-refractivity contribution >= 4 is 5.91 Å². The van der Waals surface area contributed by atoms with Crippen LogP contribution < -0.4 is 10.6 Å². The molecule has 1 aliphatic rings. The minimum atomic E-state index is 0.126. The number of hydrogen-bond acceptors (Lipinski definition) is 2. The Kier molecular flexibility index (Phi) is 5.09. The van der Waals surface area contributed by atoms with E-state index in [4.69, 9.17) is 0 Å². The summed E-state index contributed by atoms with van der Waals surface area (Å²) in [6.07, 6.45) is 3.35. The average molecular weight is 212 g/mol. The quantitative estimate of drug-likeness (QED) is 0.745. The average Bonchev–Trinajstić information content (AvgIpc) is 2.45. The number of rotatable bonds is 3. The van der Waals surface area contributed by atoms with Crippen LogP contribution in [0.2, 0.25) is 0 Å². The lowest BCUT2D eigenvalue weighted by Gasteiger charge is -2.21. The van der Waals surface area contributed by atoms with Crippen LogP contribution in [-0.2, 0) is 4.79 Å². The molecule has 0 aromatic carbocycles. The molecule has 1 heterocycles. The zero-order chi connectivity index (χ0) is 11.3. The highest BCUT2D eigenvalue weighted by Gasteiger charge is 2.20. The van der Waals surface area contributed by atoms with Gasteiger partial charge in [-0.1, -0.05) is 20.8 Å². The predicted molar refractivity (Wildman–Crippen MR) is 62.7 cm³/mol. The highest BCUT2D eigenvalue weighted by atomic mass is 16.1. The molecule has 3 heteroatoms. The molecule has 0 spiro atoms. The van der Waals surface area contributed by atoms with Crippen LogP contribution in [0.3, 0.4) is 0 Å². The van der Waals surface area contributed by atoms with Crippen LogP contribution in [0, 0.1) is 11.8 Å². The SMILES string of the molecule is CC(C)C(C)C(=O)NC1CCCNCC1. The maximum atomic E-state index is 11.8. The molecule has 1 saturated heterocycles. The molecule has 0 aromatic heterocycles. The van der Waals surface area contributed by atoms with Crippen LogP contribution in [0.15, 0.2) is 0 Å². The molecule has 2 unspecified atom stereocenters. The zero-order valence-corrected chi connectivity index (χ0v) is 10.2. The van der Waals surface area contributed by atoms with Crippen LogP contribution in [-0.4, -0.2) is 25.0 Å². The van der Waals surface area contributed by atoms with Gasteiger partial charge in [-0.3, -0.25) is 4.79 Å². The molecule has 15 heavy (non-hydrogen) atoms. The molecule has 2 atom stereocenters. The molecule has 1 aliphatic heterocycles. The Balaban J connectivity index is 2.35. The van der Waals surface area contributed by atoms with Gasteiger partial charge >= 0.3 is 0 Å². The second-order valence-electron chi connectivity index (χ2n) is 4.92. The van der Waals surface area contributed by atoms with Crippen LogP contribution in [0.25, 0.3) is 0 Å². The van der Waals surface area contributed by atoms with E-state index in [0.29, 0.717) is 12.0 Å². The Bertz CT molecular complexity index is 196. The van der Waals surface area contributed by atoms with E-state index in [0.717, 1.165) is 25.9 Å². The Morgan fingerprint density at radius 2 is 2.00 bits per heavy atom. The third-order valence-electron chi connectivity index (χ3n) is 3.34. The van der Waals surface area contributed by atoms with Crippen molar-refractivity contribution < 1.29 is 4.79 Å². The molecular weight excluding hydrogens is 188 g/mol. The van der Waals surface area contributed by atoms with Gasteiger partial charge in [0.25, 0.3) is 0 Å². The monoisotopic (exact) mass is 212 g/mol. The number of nitrogens with one attached hydrogen (secondary N) is 2. The van der Waals surface area contributed by atoms with E-state index >= 15 is 0 Å². The van der Waals surface area contributed by atoms with Crippen molar-refractivity contribution in [3.05, 3.63) is 0 Å². The van der Waals surface area contributed by atoms with Crippen LogP contribution >= 0.6 is 0 Å². The van der Waals surface area contributed by atoms with Crippen molar-refractivity contribution in [1.29, 1.82) is 0 Å². The predicted octanol–water partition coefficient (Wildman–Crippen LogP) is 1.54. The van der Waals surface area contributed by atoms with Crippen LogP contribution in [0.5, 0.6) is 0 Å². The van der Waals surface area contributed by atoms with E-state index in [1.165, 1.54) is 6.42 Å². The van der Waals surface area contributed by atoms with E-state index in [1.807, 2.05) is 6.92 Å². The minimum Gasteiger partial charge on any atom is -0.353 e. The molecule has 88 valence electrons. The minimum absolute atomic E-state index is 0.126. The highest BCUT2D eigenvalue weighted by molar-refractivity contribution is 5.78. The first kappa shape index (κ1) is 12.5. The summed E-state index contributed by atoms with van der Waals surface area (Å²) in [4.78, 5) is 11.8. The van der Waals surface area contributed by atoms with Gasteiger partial charge in [-0.15, -0.1) is 0 Å². The molecule has 2 N–H and O–H groups in total. The molecule has 1 rings (SSSR count). The summed E-state index contributed by atoms with van der Waals surface area (Å²) in [6.45, 7) is 8.32. The van der Waals surface area contributed by atoms with E-state index < -0.39 is 0 Å². The summed E-state index contributed by atoms with van der Waals surface area (Å²) in [7, 11) is 0. The maximum absolute atomic E-state index is 11.8. The van der Waals surface area contributed by atoms with Gasteiger partial charge in [0.15, 0.2) is 0 Å². The number of carbonyl (C=O) groups excluding carboxylic acids is 1. The topological polar surface area (TPSA) is 41.1 Å². The Labute approximate surface area is 93.0 Å². The number of hydrogen-bond donors (Lipinski definition) is 2. The van der Waals surface area contributed by atoms with Crippen molar-refractivity contribution in [1.82, 2.24) is 10.6 Å². The third kappa shape index (κ3) is 4.20. The fraction of sp³-hybridized carbons (Fsp3) is 0.917. The fourth-order valence-electron chi connectivity index (χ4n) is 1.80. The van der Waals surface area contributed by atoms with Crippen molar-refractivity contribution in [2.24, 2.45) is 11.8 Å². The van der Waals surface area contributed by atoms with Gasteiger partial charge in [-0.25, -0.2) is 0 Å². The molecule has 0 saturated carbocycles. The summed E-state index contributed by atoms with van der Waals surface area (Å²) in [6, 6.07) is 0.383. The molecule has 1 fully saturated rings. The first-order valence-electron chi connectivity index (χ1n) is 6.12. The van der Waals surface area contributed by atoms with Gasteiger partial charge in [-0.05, 0) is 38.3 Å². The van der Waals surface area contributed by atoms with Gasteiger partial charge in [0.1, 0.15) is 0 Å². The largest absolute Gasteiger partial charge is 0.353 e. The van der Waals surface area contributed by atoms with Gasteiger partial charge < -0.3 is 10.6 Å². The van der Waals surface area contributed by atoms with Crippen molar-refractivity contribution in [3.63, 3.8) is 0 Å². The van der Waals surface area contributed by atoms with Crippen molar-refractivity contribution in [2.45, 2.75) is 46.1 Å². The lowest BCUT2D eigenvalue weighted by Crippen LogP contribution is -2.39. The zero-order valence-electron chi connectivity index (χ0n) is 10.2.